The number of pyridine rings is 1. The molecule has 0 fully saturated rings. The van der Waals surface area contributed by atoms with Crippen LogP contribution in [0.15, 0.2) is 30.3 Å². The van der Waals surface area contributed by atoms with Crippen LogP contribution in [-0.2, 0) is 22.6 Å². The minimum absolute atomic E-state index is 0.00378. The minimum Gasteiger partial charge on any atom is -0.507 e. The first kappa shape index (κ1) is 23.8. The number of ketones is 1. The number of esters is 1. The molecule has 3 N–H and O–H groups in total. The monoisotopic (exact) mass is 430 g/mol. The highest BCUT2D eigenvalue weighted by atomic mass is 16.5. The number of carbonyl (C=O) groups is 3. The molecule has 0 spiro atoms. The minimum atomic E-state index is -1.23. The number of aromatic hydroxyl groups is 1. The molecular weight excluding hydrogens is 404 g/mol. The third-order valence-corrected chi connectivity index (χ3v) is 4.58. The van der Waals surface area contributed by atoms with Gasteiger partial charge >= 0.3 is 5.97 Å². The average molecular weight is 430 g/mol. The summed E-state index contributed by atoms with van der Waals surface area (Å²) in [5.74, 6) is -1.45. The van der Waals surface area contributed by atoms with Gasteiger partial charge in [-0.25, -0.2) is 9.78 Å². The second kappa shape index (κ2) is 10.5. The van der Waals surface area contributed by atoms with Crippen LogP contribution in [0.4, 0.5) is 0 Å². The topological polar surface area (TPSA) is 135 Å². The van der Waals surface area contributed by atoms with E-state index in [2.05, 4.69) is 15.0 Å². The van der Waals surface area contributed by atoms with Crippen molar-refractivity contribution < 1.29 is 34.1 Å². The molecule has 1 aromatic carbocycles. The van der Waals surface area contributed by atoms with Crippen molar-refractivity contribution in [2.75, 3.05) is 7.11 Å². The zero-order chi connectivity index (χ0) is 23.1. The molecule has 166 valence electrons. The van der Waals surface area contributed by atoms with Crippen molar-refractivity contribution in [2.24, 2.45) is 0 Å². The number of Topliss-reactive ketones (excluding diaryl/α,β-unsaturated/α-hetero) is 1. The molecule has 2 atom stereocenters. The van der Waals surface area contributed by atoms with Gasteiger partial charge in [-0.2, -0.15) is 0 Å². The maximum Gasteiger partial charge on any atom is 0.331 e. The number of amides is 1. The van der Waals surface area contributed by atoms with E-state index in [0.717, 1.165) is 12.7 Å². The number of hydrogen-bond acceptors (Lipinski definition) is 8. The second-order valence-corrected chi connectivity index (χ2v) is 6.90. The molecule has 0 aliphatic carbocycles. The Morgan fingerprint density at radius 2 is 1.94 bits per heavy atom. The van der Waals surface area contributed by atoms with Gasteiger partial charge in [0.15, 0.2) is 11.8 Å². The van der Waals surface area contributed by atoms with Crippen LogP contribution in [0.5, 0.6) is 11.5 Å². The lowest BCUT2D eigenvalue weighted by atomic mass is 10.0. The zero-order valence-corrected chi connectivity index (χ0v) is 17.8. The maximum atomic E-state index is 12.5. The lowest BCUT2D eigenvalue weighted by molar-refractivity contribution is -0.145. The van der Waals surface area contributed by atoms with Gasteiger partial charge < -0.3 is 25.0 Å². The standard InChI is InChI=1S/C22H26N2O7/c1-5-14-9-16(12(2)25)18(27)10-19(14)31-11-15-7-6-8-17(23-15)21(28)24-20(13(3)26)22(29)30-4/h6-10,13,20,26-27H,5,11H2,1-4H3,(H,24,28). The van der Waals surface area contributed by atoms with Crippen LogP contribution >= 0.6 is 0 Å². The molecule has 2 aromatic rings. The molecule has 1 heterocycles. The number of benzene rings is 1. The van der Waals surface area contributed by atoms with Gasteiger partial charge in [-0.1, -0.05) is 13.0 Å². The van der Waals surface area contributed by atoms with Crippen LogP contribution in [0.25, 0.3) is 0 Å². The number of aromatic nitrogens is 1. The summed E-state index contributed by atoms with van der Waals surface area (Å²) < 4.78 is 10.3. The van der Waals surface area contributed by atoms with Crippen molar-refractivity contribution in [3.63, 3.8) is 0 Å². The Balaban J connectivity index is 2.16. The molecule has 9 heteroatoms. The third-order valence-electron chi connectivity index (χ3n) is 4.58. The van der Waals surface area contributed by atoms with Crippen LogP contribution in [0, 0.1) is 0 Å². The number of phenols is 1. The Bertz CT molecular complexity index is 972. The van der Waals surface area contributed by atoms with Gasteiger partial charge in [0.1, 0.15) is 23.8 Å². The summed E-state index contributed by atoms with van der Waals surface area (Å²) in [5, 5.41) is 22.2. The fourth-order valence-corrected chi connectivity index (χ4v) is 2.86. The van der Waals surface area contributed by atoms with Crippen molar-refractivity contribution in [2.45, 2.75) is 45.9 Å². The van der Waals surface area contributed by atoms with Crippen LogP contribution < -0.4 is 10.1 Å². The van der Waals surface area contributed by atoms with E-state index in [1.54, 1.807) is 18.2 Å². The van der Waals surface area contributed by atoms with Gasteiger partial charge in [0.25, 0.3) is 5.91 Å². The van der Waals surface area contributed by atoms with Crippen molar-refractivity contribution >= 4 is 17.7 Å². The van der Waals surface area contributed by atoms with Gasteiger partial charge in [-0.05, 0) is 44.0 Å². The van der Waals surface area contributed by atoms with Crippen molar-refractivity contribution in [1.29, 1.82) is 0 Å². The first-order valence-electron chi connectivity index (χ1n) is 9.70. The summed E-state index contributed by atoms with van der Waals surface area (Å²) in [6, 6.07) is 6.46. The smallest absolute Gasteiger partial charge is 0.331 e. The molecule has 0 aliphatic heterocycles. The molecule has 9 nitrogen and oxygen atoms in total. The second-order valence-electron chi connectivity index (χ2n) is 6.90. The predicted octanol–water partition coefficient (Wildman–Crippen LogP) is 1.78. The Morgan fingerprint density at radius 3 is 2.52 bits per heavy atom. The van der Waals surface area contributed by atoms with Crippen LogP contribution in [0.3, 0.4) is 0 Å². The van der Waals surface area contributed by atoms with Crippen LogP contribution in [-0.4, -0.2) is 52.1 Å². The zero-order valence-electron chi connectivity index (χ0n) is 17.8. The summed E-state index contributed by atoms with van der Waals surface area (Å²) in [6.07, 6.45) is -0.568. The van der Waals surface area contributed by atoms with E-state index in [1.165, 1.54) is 26.0 Å². The van der Waals surface area contributed by atoms with E-state index >= 15 is 0 Å². The Hall–Kier alpha value is -3.46. The largest absolute Gasteiger partial charge is 0.507 e. The number of nitrogens with zero attached hydrogens (tertiary/aromatic N) is 1. The van der Waals surface area contributed by atoms with E-state index < -0.39 is 24.0 Å². The van der Waals surface area contributed by atoms with Gasteiger partial charge in [0.05, 0.1) is 24.5 Å². The molecule has 0 bridgehead atoms. The van der Waals surface area contributed by atoms with Gasteiger partial charge in [-0.15, -0.1) is 0 Å². The van der Waals surface area contributed by atoms with Gasteiger partial charge in [0, 0.05) is 6.07 Å². The number of carbonyl (C=O) groups excluding carboxylic acids is 3. The van der Waals surface area contributed by atoms with Gasteiger partial charge in [-0.3, -0.25) is 9.59 Å². The molecule has 0 radical (unpaired) electrons. The highest BCUT2D eigenvalue weighted by molar-refractivity contribution is 5.97. The van der Waals surface area contributed by atoms with E-state index in [9.17, 15) is 24.6 Å². The quantitative estimate of drug-likeness (QED) is 0.405. The summed E-state index contributed by atoms with van der Waals surface area (Å²) in [7, 11) is 1.16. The summed E-state index contributed by atoms with van der Waals surface area (Å²) in [4.78, 5) is 40.0. The molecule has 31 heavy (non-hydrogen) atoms. The number of aliphatic hydroxyl groups excluding tert-OH is 1. The molecule has 0 aliphatic rings. The number of methoxy groups -OCH3 is 1. The predicted molar refractivity (Wildman–Crippen MR) is 111 cm³/mol. The molecular formula is C22H26N2O7. The highest BCUT2D eigenvalue weighted by Gasteiger charge is 2.27. The van der Waals surface area contributed by atoms with Crippen molar-refractivity contribution in [3.05, 3.63) is 52.8 Å². The highest BCUT2D eigenvalue weighted by Crippen LogP contribution is 2.29. The van der Waals surface area contributed by atoms with Crippen LogP contribution in [0.1, 0.15) is 52.9 Å². The van der Waals surface area contributed by atoms with E-state index in [-0.39, 0.29) is 29.4 Å². The summed E-state index contributed by atoms with van der Waals surface area (Å²) in [5.41, 5.74) is 1.42. The van der Waals surface area contributed by atoms with Gasteiger partial charge in [0.2, 0.25) is 0 Å². The first-order chi connectivity index (χ1) is 14.7. The third kappa shape index (κ3) is 6.02. The number of rotatable bonds is 9. The Labute approximate surface area is 180 Å². The Morgan fingerprint density at radius 1 is 1.23 bits per heavy atom. The molecule has 1 amide bonds. The SMILES string of the molecule is CCc1cc(C(C)=O)c(O)cc1OCc1cccc(C(=O)NC(C(=O)OC)C(C)O)n1. The van der Waals surface area contributed by atoms with Crippen molar-refractivity contribution in [3.8, 4) is 11.5 Å². The summed E-state index contributed by atoms with van der Waals surface area (Å²) >= 11 is 0. The molecule has 2 rings (SSSR count). The Kier molecular flexibility index (Phi) is 8.09. The molecule has 0 saturated carbocycles. The summed E-state index contributed by atoms with van der Waals surface area (Å²) in [6.45, 7) is 4.63. The number of aryl methyl sites for hydroxylation is 1. The van der Waals surface area contributed by atoms with Crippen molar-refractivity contribution in [1.82, 2.24) is 10.3 Å². The fraction of sp³-hybridized carbons (Fsp3) is 0.364. The lowest BCUT2D eigenvalue weighted by Gasteiger charge is -2.18. The molecule has 0 saturated heterocycles. The number of nitrogens with one attached hydrogen (secondary N) is 1. The molecule has 2 unspecified atom stereocenters. The van der Waals surface area contributed by atoms with E-state index in [0.29, 0.717) is 17.9 Å². The number of aliphatic hydroxyl groups is 1. The van der Waals surface area contributed by atoms with Crippen LogP contribution in [0.2, 0.25) is 0 Å². The van der Waals surface area contributed by atoms with E-state index in [4.69, 9.17) is 4.74 Å². The average Bonchev–Trinajstić information content (AvgIpc) is 2.75. The van der Waals surface area contributed by atoms with E-state index in [1.807, 2.05) is 6.92 Å². The lowest BCUT2D eigenvalue weighted by Crippen LogP contribution is -2.48. The first-order valence-corrected chi connectivity index (χ1v) is 9.70. The number of hydrogen-bond donors (Lipinski definition) is 3. The number of phenolic OH excluding ortho intramolecular Hbond substituents is 1. The maximum absolute atomic E-state index is 12.5. The fourth-order valence-electron chi connectivity index (χ4n) is 2.86. The molecule has 1 aromatic heterocycles. The normalized spacial score (nSPS) is 12.5. The number of ether oxygens (including phenoxy) is 2.